The van der Waals surface area contributed by atoms with E-state index >= 15 is 0 Å². The molecule has 1 N–H and O–H groups in total. The number of aromatic nitrogens is 3. The summed E-state index contributed by atoms with van der Waals surface area (Å²) in [6.07, 6.45) is 0. The van der Waals surface area contributed by atoms with Crippen molar-refractivity contribution >= 4 is 40.1 Å². The van der Waals surface area contributed by atoms with Crippen molar-refractivity contribution in [3.05, 3.63) is 59.3 Å². The smallest absolute Gasteiger partial charge is 0.209 e. The Kier molecular flexibility index (Phi) is 4.87. The Labute approximate surface area is 163 Å². The molecule has 0 aliphatic carbocycles. The van der Waals surface area contributed by atoms with Crippen LogP contribution in [0.15, 0.2) is 58.1 Å². The summed E-state index contributed by atoms with van der Waals surface area (Å²) in [6, 6.07) is 14.5. The minimum Gasteiger partial charge on any atom is -0.496 e. The molecule has 4 aromatic rings. The minimum absolute atomic E-state index is 0.122. The number of halogens is 1. The zero-order valence-electron chi connectivity index (χ0n) is 14.2. The molecule has 2 aromatic heterocycles. The van der Waals surface area contributed by atoms with Gasteiger partial charge >= 0.3 is 0 Å². The van der Waals surface area contributed by atoms with E-state index in [1.807, 2.05) is 24.3 Å². The Morgan fingerprint density at radius 1 is 1.26 bits per heavy atom. The second-order valence-corrected chi connectivity index (χ2v) is 7.05. The number of aromatic amines is 1. The minimum atomic E-state index is -0.122. The Bertz CT molecular complexity index is 1090. The van der Waals surface area contributed by atoms with Gasteiger partial charge in [-0.1, -0.05) is 41.6 Å². The summed E-state index contributed by atoms with van der Waals surface area (Å²) in [5, 5.41) is 8.93. The second-order valence-electron chi connectivity index (χ2n) is 5.67. The summed E-state index contributed by atoms with van der Waals surface area (Å²) in [5.41, 5.74) is 1.40. The standard InChI is InChI=1S/C19H14ClN3O3S/c1-25-16-7-6-12(20)9-13(16)18-21-19(23-22-18)27-10-14(24)17-8-11-4-2-3-5-15(11)26-17/h2-9H,10H2,1H3,(H,21,22,23). The van der Waals surface area contributed by atoms with Crippen LogP contribution in [0.4, 0.5) is 0 Å². The SMILES string of the molecule is COc1ccc(Cl)cc1-c1nc(SCC(=O)c2cc3ccccc3o2)n[nH]1. The number of carbonyl (C=O) groups excluding carboxylic acids is 1. The predicted molar refractivity (Wildman–Crippen MR) is 105 cm³/mol. The molecular weight excluding hydrogens is 386 g/mol. The summed E-state index contributed by atoms with van der Waals surface area (Å²) >= 11 is 7.29. The lowest BCUT2D eigenvalue weighted by molar-refractivity contribution is 0.0994. The van der Waals surface area contributed by atoms with Gasteiger partial charge in [0.25, 0.3) is 0 Å². The summed E-state index contributed by atoms with van der Waals surface area (Å²) in [4.78, 5) is 16.8. The molecule has 4 rings (SSSR count). The third-order valence-corrected chi connectivity index (χ3v) is 5.00. The number of thioether (sulfide) groups is 1. The molecule has 2 aromatic carbocycles. The fourth-order valence-corrected chi connectivity index (χ4v) is 3.46. The highest BCUT2D eigenvalue weighted by Crippen LogP contribution is 2.31. The highest BCUT2D eigenvalue weighted by Gasteiger charge is 2.16. The predicted octanol–water partition coefficient (Wildman–Crippen LogP) is 4.85. The first-order chi connectivity index (χ1) is 13.1. The number of hydrogen-bond acceptors (Lipinski definition) is 6. The number of fused-ring (bicyclic) bond motifs is 1. The summed E-state index contributed by atoms with van der Waals surface area (Å²) < 4.78 is 10.9. The Balaban J connectivity index is 1.48. The van der Waals surface area contributed by atoms with Crippen LogP contribution in [-0.4, -0.2) is 33.8 Å². The van der Waals surface area contributed by atoms with E-state index in [2.05, 4.69) is 15.2 Å². The second kappa shape index (κ2) is 7.46. The Hall–Kier alpha value is -2.77. The van der Waals surface area contributed by atoms with Gasteiger partial charge < -0.3 is 9.15 Å². The molecule has 0 radical (unpaired) electrons. The third kappa shape index (κ3) is 3.70. The fraction of sp³-hybridized carbons (Fsp3) is 0.105. The number of carbonyl (C=O) groups is 1. The molecule has 0 atom stereocenters. The van der Waals surface area contributed by atoms with Crippen molar-refractivity contribution in [2.24, 2.45) is 0 Å². The van der Waals surface area contributed by atoms with Gasteiger partial charge in [0.05, 0.1) is 18.4 Å². The van der Waals surface area contributed by atoms with E-state index in [0.29, 0.717) is 38.7 Å². The van der Waals surface area contributed by atoms with Gasteiger partial charge in [-0.15, -0.1) is 5.10 Å². The molecule has 0 amide bonds. The average Bonchev–Trinajstić information content (AvgIpc) is 3.33. The van der Waals surface area contributed by atoms with Gasteiger partial charge in [-0.3, -0.25) is 9.89 Å². The fourth-order valence-electron chi connectivity index (χ4n) is 2.62. The number of furan rings is 1. The van der Waals surface area contributed by atoms with E-state index in [1.54, 1.807) is 31.4 Å². The quantitative estimate of drug-likeness (QED) is 0.368. The monoisotopic (exact) mass is 399 g/mol. The number of nitrogens with one attached hydrogen (secondary N) is 1. The zero-order valence-corrected chi connectivity index (χ0v) is 15.8. The molecular formula is C19H14ClN3O3S. The zero-order chi connectivity index (χ0) is 18.8. The van der Waals surface area contributed by atoms with Gasteiger partial charge in [-0.2, -0.15) is 0 Å². The number of rotatable bonds is 6. The van der Waals surface area contributed by atoms with E-state index in [-0.39, 0.29) is 11.5 Å². The van der Waals surface area contributed by atoms with Crippen LogP contribution in [0, 0.1) is 0 Å². The first-order valence-electron chi connectivity index (χ1n) is 8.05. The van der Waals surface area contributed by atoms with Crippen molar-refractivity contribution in [1.29, 1.82) is 0 Å². The molecule has 0 spiro atoms. The summed E-state index contributed by atoms with van der Waals surface area (Å²) in [6.45, 7) is 0. The van der Waals surface area contributed by atoms with Crippen LogP contribution in [0.2, 0.25) is 5.02 Å². The van der Waals surface area contributed by atoms with Gasteiger partial charge in [0.15, 0.2) is 11.6 Å². The normalized spacial score (nSPS) is 11.0. The van der Waals surface area contributed by atoms with Gasteiger partial charge in [-0.25, -0.2) is 4.98 Å². The van der Waals surface area contributed by atoms with Crippen molar-refractivity contribution in [2.45, 2.75) is 5.16 Å². The number of ether oxygens (including phenoxy) is 1. The number of H-pyrrole nitrogens is 1. The molecule has 6 nitrogen and oxygen atoms in total. The van der Waals surface area contributed by atoms with Crippen molar-refractivity contribution in [1.82, 2.24) is 15.2 Å². The van der Waals surface area contributed by atoms with Crippen molar-refractivity contribution in [2.75, 3.05) is 12.9 Å². The van der Waals surface area contributed by atoms with E-state index in [1.165, 1.54) is 11.8 Å². The number of methoxy groups -OCH3 is 1. The van der Waals surface area contributed by atoms with E-state index < -0.39 is 0 Å². The molecule has 0 bridgehead atoms. The van der Waals surface area contributed by atoms with Crippen LogP contribution in [0.25, 0.3) is 22.4 Å². The number of ketones is 1. The van der Waals surface area contributed by atoms with Crippen molar-refractivity contribution in [3.63, 3.8) is 0 Å². The first-order valence-corrected chi connectivity index (χ1v) is 9.41. The Morgan fingerprint density at radius 2 is 2.11 bits per heavy atom. The van der Waals surface area contributed by atoms with Crippen LogP contribution in [0.1, 0.15) is 10.6 Å². The van der Waals surface area contributed by atoms with E-state index in [0.717, 1.165) is 5.39 Å². The van der Waals surface area contributed by atoms with Crippen molar-refractivity contribution < 1.29 is 13.9 Å². The number of para-hydroxylation sites is 1. The Morgan fingerprint density at radius 3 is 2.93 bits per heavy atom. The third-order valence-electron chi connectivity index (χ3n) is 3.91. The molecule has 0 fully saturated rings. The molecule has 2 heterocycles. The maximum Gasteiger partial charge on any atom is 0.209 e. The number of nitrogens with zero attached hydrogens (tertiary/aromatic N) is 2. The molecule has 0 aliphatic heterocycles. The molecule has 8 heteroatoms. The van der Waals surface area contributed by atoms with E-state index in [9.17, 15) is 4.79 Å². The molecule has 0 saturated carbocycles. The van der Waals surface area contributed by atoms with Gasteiger partial charge in [0.1, 0.15) is 11.3 Å². The van der Waals surface area contributed by atoms with E-state index in [4.69, 9.17) is 20.8 Å². The molecule has 27 heavy (non-hydrogen) atoms. The number of hydrogen-bond donors (Lipinski definition) is 1. The van der Waals surface area contributed by atoms with Crippen LogP contribution in [0.5, 0.6) is 5.75 Å². The average molecular weight is 400 g/mol. The molecule has 0 saturated heterocycles. The van der Waals surface area contributed by atoms with Gasteiger partial charge in [-0.05, 0) is 30.3 Å². The lowest BCUT2D eigenvalue weighted by Crippen LogP contribution is -2.00. The largest absolute Gasteiger partial charge is 0.496 e. The highest BCUT2D eigenvalue weighted by atomic mass is 35.5. The summed E-state index contributed by atoms with van der Waals surface area (Å²) in [7, 11) is 1.57. The van der Waals surface area contributed by atoms with Crippen LogP contribution in [0.3, 0.4) is 0 Å². The molecule has 0 aliphatic rings. The maximum absolute atomic E-state index is 12.4. The molecule has 136 valence electrons. The molecule has 0 unspecified atom stereocenters. The van der Waals surface area contributed by atoms with Gasteiger partial charge in [0.2, 0.25) is 10.9 Å². The number of Topliss-reactive ketones (excluding diaryl/α,β-unsaturated/α-hetero) is 1. The van der Waals surface area contributed by atoms with Crippen LogP contribution < -0.4 is 4.74 Å². The highest BCUT2D eigenvalue weighted by molar-refractivity contribution is 7.99. The first kappa shape index (κ1) is 17.6. The van der Waals surface area contributed by atoms with Crippen molar-refractivity contribution in [3.8, 4) is 17.1 Å². The lowest BCUT2D eigenvalue weighted by Gasteiger charge is -2.05. The van der Waals surface area contributed by atoms with Crippen LogP contribution in [-0.2, 0) is 0 Å². The summed E-state index contributed by atoms with van der Waals surface area (Å²) in [5.74, 6) is 1.53. The maximum atomic E-state index is 12.4. The van der Waals surface area contributed by atoms with Gasteiger partial charge in [0, 0.05) is 10.4 Å². The van der Waals surface area contributed by atoms with Crippen LogP contribution >= 0.6 is 23.4 Å². The lowest BCUT2D eigenvalue weighted by atomic mass is 10.2. The topological polar surface area (TPSA) is 81.0 Å². The number of benzene rings is 2.